The number of ether oxygens (including phenoxy) is 2. The quantitative estimate of drug-likeness (QED) is 0.272. The summed E-state index contributed by atoms with van der Waals surface area (Å²) in [7, 11) is 0. The second-order valence-corrected chi connectivity index (χ2v) is 7.89. The Morgan fingerprint density at radius 1 is 0.909 bits per heavy atom. The molecule has 33 heavy (non-hydrogen) atoms. The molecule has 3 aromatic rings. The highest BCUT2D eigenvalue weighted by atomic mass is 16.7. The van der Waals surface area contributed by atoms with Crippen LogP contribution in [0.2, 0.25) is 0 Å². The number of fused-ring (bicyclic) bond motifs is 1. The average molecular weight is 462 g/mol. The summed E-state index contributed by atoms with van der Waals surface area (Å²) >= 11 is 0. The maximum Gasteiger partial charge on any atom is 0.239 e. The van der Waals surface area contributed by atoms with Crippen molar-refractivity contribution in [3.05, 3.63) is 40.1 Å². The lowest BCUT2D eigenvalue weighted by atomic mass is 10.00. The van der Waals surface area contributed by atoms with Gasteiger partial charge in [-0.1, -0.05) is 0 Å². The molecule has 0 radical (unpaired) electrons. The maximum atomic E-state index is 13.3. The van der Waals surface area contributed by atoms with Crippen LogP contribution in [0.3, 0.4) is 0 Å². The fourth-order valence-corrected chi connectivity index (χ4v) is 3.68. The van der Waals surface area contributed by atoms with Gasteiger partial charge in [0, 0.05) is 17.7 Å². The van der Waals surface area contributed by atoms with E-state index in [1.54, 1.807) is 0 Å². The highest BCUT2D eigenvalue weighted by Crippen LogP contribution is 2.40. The largest absolute Gasteiger partial charge is 0.508 e. The Kier molecular flexibility index (Phi) is 5.58. The van der Waals surface area contributed by atoms with Gasteiger partial charge in [-0.25, -0.2) is 0 Å². The molecular weight excluding hydrogens is 440 g/mol. The zero-order chi connectivity index (χ0) is 24.2. The second-order valence-electron chi connectivity index (χ2n) is 7.89. The zero-order valence-electron chi connectivity index (χ0n) is 17.5. The van der Waals surface area contributed by atoms with Gasteiger partial charge in [0.15, 0.2) is 17.3 Å². The van der Waals surface area contributed by atoms with Crippen molar-refractivity contribution in [2.75, 3.05) is 0 Å². The van der Waals surface area contributed by atoms with Crippen molar-refractivity contribution < 1.29 is 49.6 Å². The van der Waals surface area contributed by atoms with E-state index in [9.17, 15) is 40.5 Å². The SMILES string of the molecule is Cc1cc(-c2oc3cc(O)cc(O)c3c(=O)c2O[C@@H]2O[C@@H](C)[C@H](O)[C@H](O)[C@@H]2O)cc(O)c1O. The van der Waals surface area contributed by atoms with E-state index in [2.05, 4.69) is 0 Å². The summed E-state index contributed by atoms with van der Waals surface area (Å²) in [4.78, 5) is 13.3. The molecular formula is C22H22O11. The third-order valence-corrected chi connectivity index (χ3v) is 5.50. The Hall–Kier alpha value is -3.51. The lowest BCUT2D eigenvalue weighted by molar-refractivity contribution is -0.268. The molecule has 1 aromatic heterocycles. The number of aryl methyl sites for hydroxylation is 1. The number of aliphatic hydroxyl groups excluding tert-OH is 3. The molecule has 1 saturated heterocycles. The predicted molar refractivity (Wildman–Crippen MR) is 112 cm³/mol. The highest BCUT2D eigenvalue weighted by molar-refractivity contribution is 5.88. The third kappa shape index (κ3) is 3.80. The van der Waals surface area contributed by atoms with Gasteiger partial charge in [-0.05, 0) is 31.5 Å². The number of benzene rings is 2. The van der Waals surface area contributed by atoms with Crippen molar-refractivity contribution in [2.24, 2.45) is 0 Å². The van der Waals surface area contributed by atoms with Crippen LogP contribution in [0.25, 0.3) is 22.3 Å². The lowest BCUT2D eigenvalue weighted by Gasteiger charge is -2.38. The van der Waals surface area contributed by atoms with E-state index < -0.39 is 59.1 Å². The molecule has 0 bridgehead atoms. The van der Waals surface area contributed by atoms with Gasteiger partial charge in [-0.15, -0.1) is 0 Å². The average Bonchev–Trinajstić information content (AvgIpc) is 2.74. The molecule has 11 heteroatoms. The molecule has 11 nitrogen and oxygen atoms in total. The molecule has 2 heterocycles. The van der Waals surface area contributed by atoms with Gasteiger partial charge < -0.3 is 49.6 Å². The van der Waals surface area contributed by atoms with Crippen molar-refractivity contribution >= 4 is 11.0 Å². The number of hydrogen-bond donors (Lipinski definition) is 7. The van der Waals surface area contributed by atoms with Crippen molar-refractivity contribution in [3.8, 4) is 40.1 Å². The van der Waals surface area contributed by atoms with Crippen molar-refractivity contribution in [3.63, 3.8) is 0 Å². The van der Waals surface area contributed by atoms with E-state index >= 15 is 0 Å². The predicted octanol–water partition coefficient (Wildman–Crippen LogP) is 0.797. The second kappa shape index (κ2) is 8.12. The Bertz CT molecular complexity index is 1260. The normalized spacial score (nSPS) is 25.3. The van der Waals surface area contributed by atoms with Crippen LogP contribution < -0.4 is 10.2 Å². The van der Waals surface area contributed by atoms with Crippen LogP contribution in [0.4, 0.5) is 0 Å². The minimum atomic E-state index is -1.75. The number of phenolic OH excluding ortho intramolecular Hbond substituents is 4. The summed E-state index contributed by atoms with van der Waals surface area (Å²) in [6, 6.07) is 4.49. The first-order chi connectivity index (χ1) is 15.5. The van der Waals surface area contributed by atoms with E-state index in [-0.39, 0.29) is 33.6 Å². The van der Waals surface area contributed by atoms with Gasteiger partial charge in [0.25, 0.3) is 0 Å². The van der Waals surface area contributed by atoms with E-state index in [1.165, 1.54) is 19.9 Å². The van der Waals surface area contributed by atoms with E-state index in [1.807, 2.05) is 0 Å². The Labute approximate surface area is 185 Å². The third-order valence-electron chi connectivity index (χ3n) is 5.50. The van der Waals surface area contributed by atoms with Crippen molar-refractivity contribution in [2.45, 2.75) is 44.6 Å². The molecule has 2 aromatic carbocycles. The smallest absolute Gasteiger partial charge is 0.239 e. The molecule has 0 aliphatic carbocycles. The van der Waals surface area contributed by atoms with Crippen LogP contribution in [-0.2, 0) is 4.74 Å². The molecule has 176 valence electrons. The molecule has 0 amide bonds. The van der Waals surface area contributed by atoms with Gasteiger partial charge >= 0.3 is 0 Å². The molecule has 7 N–H and O–H groups in total. The van der Waals surface area contributed by atoms with E-state index in [0.29, 0.717) is 0 Å². The number of aliphatic hydroxyl groups is 3. The van der Waals surface area contributed by atoms with Crippen molar-refractivity contribution in [1.82, 2.24) is 0 Å². The first-order valence-corrected chi connectivity index (χ1v) is 9.91. The lowest BCUT2D eigenvalue weighted by Crippen LogP contribution is -2.58. The van der Waals surface area contributed by atoms with Crippen LogP contribution >= 0.6 is 0 Å². The molecule has 0 spiro atoms. The number of phenols is 4. The molecule has 0 unspecified atom stereocenters. The maximum absolute atomic E-state index is 13.3. The zero-order valence-corrected chi connectivity index (χ0v) is 17.5. The van der Waals surface area contributed by atoms with E-state index in [0.717, 1.165) is 18.2 Å². The summed E-state index contributed by atoms with van der Waals surface area (Å²) in [5.74, 6) is -2.72. The molecule has 5 atom stereocenters. The van der Waals surface area contributed by atoms with Crippen LogP contribution in [0.1, 0.15) is 12.5 Å². The summed E-state index contributed by atoms with van der Waals surface area (Å²) in [5.41, 5.74) is -0.797. The monoisotopic (exact) mass is 462 g/mol. The Morgan fingerprint density at radius 3 is 2.27 bits per heavy atom. The van der Waals surface area contributed by atoms with Crippen LogP contribution in [0.5, 0.6) is 28.7 Å². The summed E-state index contributed by atoms with van der Waals surface area (Å²) in [6.07, 6.45) is -7.36. The van der Waals surface area contributed by atoms with Gasteiger partial charge in [-0.3, -0.25) is 4.79 Å². The standard InChI is InChI=1S/C22H22O11/c1-7-3-9(4-12(25)15(7)26)20-21(33-22-19(30)18(29)16(27)8(2)31-22)17(28)14-11(24)5-10(23)6-13(14)32-20/h3-6,8,16,18-19,22-27,29-30H,1-2H3/t8-,16-,18-,19-,22-/m0/s1. The molecule has 4 rings (SSSR count). The molecule has 0 saturated carbocycles. The minimum Gasteiger partial charge on any atom is -0.508 e. The van der Waals surface area contributed by atoms with Gasteiger partial charge in [0.1, 0.15) is 40.8 Å². The summed E-state index contributed by atoms with van der Waals surface area (Å²) in [6.45, 7) is 2.92. The molecule has 1 fully saturated rings. The van der Waals surface area contributed by atoms with Gasteiger partial charge in [0.2, 0.25) is 17.5 Å². The topological polar surface area (TPSA) is 190 Å². The first-order valence-electron chi connectivity index (χ1n) is 9.91. The van der Waals surface area contributed by atoms with Crippen molar-refractivity contribution in [1.29, 1.82) is 0 Å². The van der Waals surface area contributed by atoms with E-state index in [4.69, 9.17) is 13.9 Å². The minimum absolute atomic E-state index is 0.0820. The summed E-state index contributed by atoms with van der Waals surface area (Å²) in [5, 5.41) is 69.9. The molecule has 1 aliphatic rings. The van der Waals surface area contributed by atoms with Crippen LogP contribution in [0.15, 0.2) is 33.5 Å². The highest BCUT2D eigenvalue weighted by Gasteiger charge is 2.44. The number of hydrogen-bond acceptors (Lipinski definition) is 11. The van der Waals surface area contributed by atoms with Gasteiger partial charge in [0.05, 0.1) is 6.10 Å². The number of rotatable bonds is 3. The summed E-state index contributed by atoms with van der Waals surface area (Å²) < 4.78 is 16.7. The Balaban J connectivity index is 1.95. The number of aromatic hydroxyl groups is 4. The Morgan fingerprint density at radius 2 is 1.61 bits per heavy atom. The molecule has 1 aliphatic heterocycles. The van der Waals surface area contributed by atoms with Crippen LogP contribution in [-0.4, -0.2) is 66.5 Å². The first kappa shape index (κ1) is 22.7. The van der Waals surface area contributed by atoms with Gasteiger partial charge in [-0.2, -0.15) is 0 Å². The fourth-order valence-electron chi connectivity index (χ4n) is 3.68. The fraction of sp³-hybridized carbons (Fsp3) is 0.318. The van der Waals surface area contributed by atoms with Crippen LogP contribution in [0, 0.1) is 6.92 Å².